The molecule has 10 heteroatoms. The Kier molecular flexibility index (Phi) is 5.85. The van der Waals surface area contributed by atoms with Gasteiger partial charge in [-0.3, -0.25) is 9.36 Å². The zero-order valence-electron chi connectivity index (χ0n) is 18.0. The van der Waals surface area contributed by atoms with E-state index in [1.54, 1.807) is 0 Å². The van der Waals surface area contributed by atoms with Gasteiger partial charge in [0.25, 0.3) is 11.5 Å². The maximum absolute atomic E-state index is 15.2. The molecule has 170 valence electrons. The van der Waals surface area contributed by atoms with Crippen LogP contribution in [0.3, 0.4) is 0 Å². The van der Waals surface area contributed by atoms with Crippen LogP contribution in [-0.2, 0) is 11.3 Å². The third-order valence-corrected chi connectivity index (χ3v) is 6.57. The van der Waals surface area contributed by atoms with Gasteiger partial charge in [-0.25, -0.2) is 0 Å². The molecule has 0 aromatic carbocycles. The van der Waals surface area contributed by atoms with E-state index >= 15 is 8.78 Å². The second-order valence-corrected chi connectivity index (χ2v) is 8.89. The van der Waals surface area contributed by atoms with E-state index in [0.717, 1.165) is 12.8 Å². The second kappa shape index (κ2) is 8.29. The van der Waals surface area contributed by atoms with Crippen LogP contribution in [0.4, 0.5) is 20.5 Å². The van der Waals surface area contributed by atoms with Gasteiger partial charge in [0.15, 0.2) is 0 Å². The van der Waals surface area contributed by atoms with Gasteiger partial charge in [-0.1, -0.05) is 11.8 Å². The molecule has 0 radical (unpaired) electrons. The minimum Gasteiger partial charge on any atom is -0.377 e. The summed E-state index contributed by atoms with van der Waals surface area (Å²) >= 11 is 0. The number of hydrogen-bond acceptors (Lipinski definition) is 7. The topological polar surface area (TPSA) is 80.0 Å². The molecule has 31 heavy (non-hydrogen) atoms. The second-order valence-electron chi connectivity index (χ2n) is 8.89. The first-order valence-electron chi connectivity index (χ1n) is 10.8. The molecular formula is C21H29F2N5O3. The van der Waals surface area contributed by atoms with Gasteiger partial charge >= 0.3 is 0 Å². The van der Waals surface area contributed by atoms with Crippen molar-refractivity contribution in [3.8, 4) is 0 Å². The van der Waals surface area contributed by atoms with Gasteiger partial charge in [-0.15, -0.1) is 0 Å². The molecule has 1 aromatic heterocycles. The minimum atomic E-state index is -3.19. The van der Waals surface area contributed by atoms with Crippen LogP contribution in [0, 0.1) is 10.8 Å². The number of morpholine rings is 1. The molecule has 1 saturated heterocycles. The number of nitrogens with zero attached hydrogens (tertiary/aromatic N) is 5. The van der Waals surface area contributed by atoms with E-state index < -0.39 is 18.0 Å². The lowest BCUT2D eigenvalue weighted by Gasteiger charge is -2.43. The van der Waals surface area contributed by atoms with E-state index in [2.05, 4.69) is 16.7 Å². The van der Waals surface area contributed by atoms with Crippen LogP contribution in [-0.4, -0.2) is 59.9 Å². The summed E-state index contributed by atoms with van der Waals surface area (Å²) in [6.45, 7) is 8.45. The minimum absolute atomic E-state index is 0.00394. The standard InChI is InChI=1S/C21H29F2N5O3/c1-13(2)21(22,23)17-6-7-27-19(29)10-18(26-8-9-31-12-14(26)3)24-20(27)28(17)11-16(25-30)15-4-5-15/h10,14-17H,1,4-9,11-12H2,2-3H3. The van der Waals surface area contributed by atoms with Crippen LogP contribution in [0.5, 0.6) is 0 Å². The summed E-state index contributed by atoms with van der Waals surface area (Å²) in [6.07, 6.45) is 1.77. The molecule has 0 N–H and O–H groups in total. The molecule has 2 fully saturated rings. The highest BCUT2D eigenvalue weighted by atomic mass is 19.3. The van der Waals surface area contributed by atoms with E-state index in [-0.39, 0.29) is 48.6 Å². The summed E-state index contributed by atoms with van der Waals surface area (Å²) in [7, 11) is 0. The van der Waals surface area contributed by atoms with Crippen molar-refractivity contribution in [2.75, 3.05) is 36.1 Å². The summed E-state index contributed by atoms with van der Waals surface area (Å²) in [5.41, 5.74) is -0.541. The Bertz CT molecular complexity index is 917. The molecule has 0 bridgehead atoms. The van der Waals surface area contributed by atoms with Crippen molar-refractivity contribution in [2.45, 2.75) is 63.7 Å². The fourth-order valence-electron chi connectivity index (χ4n) is 4.49. The summed E-state index contributed by atoms with van der Waals surface area (Å²) in [5, 5.41) is 3.22. The van der Waals surface area contributed by atoms with Crippen molar-refractivity contribution in [1.29, 1.82) is 0 Å². The molecule has 3 aliphatic rings. The van der Waals surface area contributed by atoms with E-state index in [0.29, 0.717) is 25.6 Å². The van der Waals surface area contributed by atoms with Crippen LogP contribution in [0.2, 0.25) is 0 Å². The molecule has 1 saturated carbocycles. The van der Waals surface area contributed by atoms with Gasteiger partial charge in [0.05, 0.1) is 19.3 Å². The Labute approximate surface area is 179 Å². The molecular weight excluding hydrogens is 408 g/mol. The lowest BCUT2D eigenvalue weighted by atomic mass is 9.96. The average Bonchev–Trinajstić information content (AvgIpc) is 3.57. The maximum Gasteiger partial charge on any atom is 0.288 e. The highest BCUT2D eigenvalue weighted by Gasteiger charge is 2.48. The SMILES string of the molecule is C=C(C)C(F)(F)C1CCn2c(nc(N3CCOCC3C)cc2=O)N1CC(N=O)C1CC1. The predicted molar refractivity (Wildman–Crippen MR) is 114 cm³/mol. The summed E-state index contributed by atoms with van der Waals surface area (Å²) in [6, 6.07) is -0.392. The summed E-state index contributed by atoms with van der Waals surface area (Å²) < 4.78 is 37.2. The highest BCUT2D eigenvalue weighted by molar-refractivity contribution is 5.48. The quantitative estimate of drug-likeness (QED) is 0.482. The number of halogens is 2. The van der Waals surface area contributed by atoms with E-state index in [1.165, 1.54) is 22.5 Å². The molecule has 2 aliphatic heterocycles. The van der Waals surface area contributed by atoms with Crippen molar-refractivity contribution in [1.82, 2.24) is 9.55 Å². The lowest BCUT2D eigenvalue weighted by Crippen LogP contribution is -2.56. The maximum atomic E-state index is 15.2. The monoisotopic (exact) mass is 437 g/mol. The number of alkyl halides is 2. The van der Waals surface area contributed by atoms with Crippen molar-refractivity contribution in [3.63, 3.8) is 0 Å². The molecule has 0 amide bonds. The Morgan fingerprint density at radius 3 is 2.74 bits per heavy atom. The first kappa shape index (κ1) is 21.9. The lowest BCUT2D eigenvalue weighted by molar-refractivity contribution is 0.00257. The van der Waals surface area contributed by atoms with Gasteiger partial charge in [0, 0.05) is 25.7 Å². The van der Waals surface area contributed by atoms with E-state index in [1.807, 2.05) is 11.8 Å². The molecule has 4 rings (SSSR count). The van der Waals surface area contributed by atoms with Crippen LogP contribution < -0.4 is 15.4 Å². The zero-order valence-corrected chi connectivity index (χ0v) is 18.0. The zero-order chi connectivity index (χ0) is 22.3. The molecule has 3 heterocycles. The first-order chi connectivity index (χ1) is 14.7. The molecule has 1 aromatic rings. The largest absolute Gasteiger partial charge is 0.377 e. The normalized spacial score (nSPS) is 25.2. The van der Waals surface area contributed by atoms with Crippen LogP contribution in [0.1, 0.15) is 33.1 Å². The third-order valence-electron chi connectivity index (χ3n) is 6.57. The number of anilines is 2. The Morgan fingerprint density at radius 2 is 2.13 bits per heavy atom. The summed E-state index contributed by atoms with van der Waals surface area (Å²) in [4.78, 5) is 32.5. The summed E-state index contributed by atoms with van der Waals surface area (Å²) in [5.74, 6) is -2.48. The van der Waals surface area contributed by atoms with Crippen LogP contribution in [0.25, 0.3) is 0 Å². The fourth-order valence-corrected chi connectivity index (χ4v) is 4.49. The third kappa shape index (κ3) is 4.09. The Balaban J connectivity index is 1.78. The number of aromatic nitrogens is 2. The van der Waals surface area contributed by atoms with Gasteiger partial charge in [0.2, 0.25) is 5.95 Å². The van der Waals surface area contributed by atoms with E-state index in [4.69, 9.17) is 4.74 Å². The van der Waals surface area contributed by atoms with Gasteiger partial charge < -0.3 is 14.5 Å². The molecule has 8 nitrogen and oxygen atoms in total. The smallest absolute Gasteiger partial charge is 0.288 e. The highest BCUT2D eigenvalue weighted by Crippen LogP contribution is 2.40. The van der Waals surface area contributed by atoms with Crippen molar-refractivity contribution >= 4 is 11.8 Å². The number of rotatable bonds is 7. The number of hydrogen-bond donors (Lipinski definition) is 0. The van der Waals surface area contributed by atoms with Crippen LogP contribution >= 0.6 is 0 Å². The number of nitroso groups, excluding NO2 is 1. The Hall–Kier alpha value is -2.36. The average molecular weight is 437 g/mol. The molecule has 1 aliphatic carbocycles. The number of fused-ring (bicyclic) bond motifs is 1. The first-order valence-corrected chi connectivity index (χ1v) is 10.8. The fraction of sp³-hybridized carbons (Fsp3) is 0.714. The number of ether oxygens (including phenoxy) is 1. The predicted octanol–water partition coefficient (Wildman–Crippen LogP) is 2.80. The van der Waals surface area contributed by atoms with Crippen molar-refractivity contribution < 1.29 is 13.5 Å². The van der Waals surface area contributed by atoms with Gasteiger partial charge in [-0.2, -0.15) is 18.7 Å². The van der Waals surface area contributed by atoms with Gasteiger partial charge in [0.1, 0.15) is 17.9 Å². The van der Waals surface area contributed by atoms with E-state index in [9.17, 15) is 9.70 Å². The molecule has 0 spiro atoms. The van der Waals surface area contributed by atoms with Crippen molar-refractivity contribution in [2.24, 2.45) is 11.1 Å². The van der Waals surface area contributed by atoms with Gasteiger partial charge in [-0.05, 0) is 44.6 Å². The van der Waals surface area contributed by atoms with Crippen LogP contribution in [0.15, 0.2) is 28.2 Å². The Morgan fingerprint density at radius 1 is 1.39 bits per heavy atom. The molecule has 3 atom stereocenters. The van der Waals surface area contributed by atoms with Crippen molar-refractivity contribution in [3.05, 3.63) is 33.5 Å². The molecule has 3 unspecified atom stereocenters.